The Morgan fingerprint density at radius 2 is 2.10 bits per heavy atom. The number of carbonyl (C=O) groups excluding carboxylic acids is 2. The lowest BCUT2D eigenvalue weighted by molar-refractivity contribution is -0.118. The van der Waals surface area contributed by atoms with E-state index in [0.717, 1.165) is 5.56 Å². The lowest BCUT2D eigenvalue weighted by atomic mass is 9.99. The zero-order valence-corrected chi connectivity index (χ0v) is 18.3. The molecule has 9 nitrogen and oxygen atoms in total. The molecule has 168 valence electrons. The molecule has 1 N–H and O–H groups in total. The zero-order valence-electron chi connectivity index (χ0n) is 17.5. The Kier molecular flexibility index (Phi) is 7.85. The summed E-state index contributed by atoms with van der Waals surface area (Å²) >= 11 is 0. The molecule has 31 heavy (non-hydrogen) atoms. The van der Waals surface area contributed by atoms with E-state index in [1.807, 2.05) is 0 Å². The maximum atomic E-state index is 12.6. The summed E-state index contributed by atoms with van der Waals surface area (Å²) in [5, 5.41) is 11.4. The Morgan fingerprint density at radius 1 is 1.29 bits per heavy atom. The van der Waals surface area contributed by atoms with Crippen molar-refractivity contribution in [1.82, 2.24) is 15.2 Å². The van der Waals surface area contributed by atoms with Crippen molar-refractivity contribution < 1.29 is 22.7 Å². The molecule has 10 heteroatoms. The van der Waals surface area contributed by atoms with E-state index in [1.54, 1.807) is 18.3 Å². The summed E-state index contributed by atoms with van der Waals surface area (Å²) in [4.78, 5) is 28.2. The average molecular weight is 449 g/mol. The number of rotatable bonds is 13. The van der Waals surface area contributed by atoms with Crippen LogP contribution in [0.15, 0.2) is 18.3 Å². The number of pyridine rings is 1. The van der Waals surface area contributed by atoms with E-state index in [0.29, 0.717) is 44.2 Å². The van der Waals surface area contributed by atoms with Crippen LogP contribution < -0.4 is 10.1 Å². The van der Waals surface area contributed by atoms with Crippen LogP contribution in [-0.4, -0.2) is 61.4 Å². The third-order valence-electron chi connectivity index (χ3n) is 5.44. The molecule has 0 spiro atoms. The fraction of sp³-hybridized carbons (Fsp3) is 0.619. The van der Waals surface area contributed by atoms with Gasteiger partial charge in [0.15, 0.2) is 9.84 Å². The van der Waals surface area contributed by atoms with Crippen molar-refractivity contribution in [2.45, 2.75) is 44.4 Å². The largest absolute Gasteiger partial charge is 0.477 e. The molecule has 2 heterocycles. The van der Waals surface area contributed by atoms with Gasteiger partial charge in [-0.25, -0.2) is 18.2 Å². The SMILES string of the molecule is N#CC[C@@H](CS(=O)(=O)CCCCCN1CC(=O)NC1=O)c1ccnc(OCC2CC2)c1. The Hall–Kier alpha value is -2.67. The molecule has 1 aliphatic carbocycles. The number of carbonyl (C=O) groups is 2. The Labute approximate surface area is 182 Å². The number of nitrogens with zero attached hydrogens (tertiary/aromatic N) is 3. The van der Waals surface area contributed by atoms with Crippen LogP contribution in [0.2, 0.25) is 0 Å². The van der Waals surface area contributed by atoms with Gasteiger partial charge in [0.1, 0.15) is 6.54 Å². The first-order chi connectivity index (χ1) is 14.9. The second-order valence-electron chi connectivity index (χ2n) is 8.19. The molecule has 1 aromatic heterocycles. The van der Waals surface area contributed by atoms with Gasteiger partial charge in [-0.1, -0.05) is 6.42 Å². The van der Waals surface area contributed by atoms with Crippen LogP contribution in [0.5, 0.6) is 5.88 Å². The van der Waals surface area contributed by atoms with Crippen LogP contribution in [-0.2, 0) is 14.6 Å². The van der Waals surface area contributed by atoms with Gasteiger partial charge in [-0.15, -0.1) is 0 Å². The second-order valence-corrected chi connectivity index (χ2v) is 10.4. The zero-order chi connectivity index (χ0) is 22.3. The molecule has 2 aliphatic rings. The number of amides is 3. The minimum absolute atomic E-state index is 0.0240. The van der Waals surface area contributed by atoms with Gasteiger partial charge >= 0.3 is 6.03 Å². The molecule has 3 rings (SSSR count). The highest BCUT2D eigenvalue weighted by Crippen LogP contribution is 2.30. The minimum atomic E-state index is -3.36. The van der Waals surface area contributed by atoms with Gasteiger partial charge in [-0.05, 0) is 43.2 Å². The highest BCUT2D eigenvalue weighted by molar-refractivity contribution is 7.91. The number of sulfone groups is 1. The second kappa shape index (κ2) is 10.6. The van der Waals surface area contributed by atoms with Crippen LogP contribution in [0.3, 0.4) is 0 Å². The molecule has 0 bridgehead atoms. The van der Waals surface area contributed by atoms with E-state index in [1.165, 1.54) is 17.7 Å². The van der Waals surface area contributed by atoms with Crippen molar-refractivity contribution in [3.8, 4) is 11.9 Å². The number of ether oxygens (including phenoxy) is 1. The molecule has 1 saturated carbocycles. The van der Waals surface area contributed by atoms with Crippen molar-refractivity contribution in [2.75, 3.05) is 31.2 Å². The van der Waals surface area contributed by atoms with Gasteiger partial charge in [0, 0.05) is 31.1 Å². The first-order valence-corrected chi connectivity index (χ1v) is 12.4. The van der Waals surface area contributed by atoms with E-state index in [-0.39, 0.29) is 30.4 Å². The van der Waals surface area contributed by atoms with Gasteiger partial charge in [0.25, 0.3) is 0 Å². The topological polar surface area (TPSA) is 129 Å². The lowest BCUT2D eigenvalue weighted by Crippen LogP contribution is -2.29. The molecular weight excluding hydrogens is 420 g/mol. The number of urea groups is 1. The molecule has 1 saturated heterocycles. The van der Waals surface area contributed by atoms with Crippen LogP contribution in [0.25, 0.3) is 0 Å². The quantitative estimate of drug-likeness (QED) is 0.361. The number of hydrogen-bond donors (Lipinski definition) is 1. The van der Waals surface area contributed by atoms with Crippen LogP contribution in [0.4, 0.5) is 4.79 Å². The van der Waals surface area contributed by atoms with E-state index in [2.05, 4.69) is 16.4 Å². The van der Waals surface area contributed by atoms with Gasteiger partial charge in [-0.2, -0.15) is 5.26 Å². The molecule has 3 amide bonds. The maximum absolute atomic E-state index is 12.6. The van der Waals surface area contributed by atoms with Gasteiger partial charge in [0.2, 0.25) is 11.8 Å². The summed E-state index contributed by atoms with van der Waals surface area (Å²) in [6.45, 7) is 1.10. The first-order valence-electron chi connectivity index (χ1n) is 10.6. The smallest absolute Gasteiger partial charge is 0.324 e. The Morgan fingerprint density at radius 3 is 2.77 bits per heavy atom. The summed E-state index contributed by atoms with van der Waals surface area (Å²) in [7, 11) is -3.36. The molecule has 2 fully saturated rings. The van der Waals surface area contributed by atoms with Crippen molar-refractivity contribution >= 4 is 21.8 Å². The number of aromatic nitrogens is 1. The third-order valence-corrected chi connectivity index (χ3v) is 7.26. The third kappa shape index (κ3) is 7.51. The number of imide groups is 1. The van der Waals surface area contributed by atoms with E-state index >= 15 is 0 Å². The van der Waals surface area contributed by atoms with Crippen LogP contribution in [0, 0.1) is 17.2 Å². The lowest BCUT2D eigenvalue weighted by Gasteiger charge is -2.16. The predicted molar refractivity (Wildman–Crippen MR) is 113 cm³/mol. The number of unbranched alkanes of at least 4 members (excludes halogenated alkanes) is 2. The molecule has 1 aliphatic heterocycles. The highest BCUT2D eigenvalue weighted by atomic mass is 32.2. The van der Waals surface area contributed by atoms with Crippen molar-refractivity contribution in [3.05, 3.63) is 23.9 Å². The van der Waals surface area contributed by atoms with E-state index in [4.69, 9.17) is 4.74 Å². The standard InChI is InChI=1S/C21H28N4O5S/c22-8-6-18(17-7-9-23-20(12-17)30-14-16-4-5-16)15-31(28,29)11-3-1-2-10-25-13-19(26)24-21(25)27/h7,9,12,16,18H,1-6,10-11,13-15H2,(H,24,26,27)/t18-/m0/s1. The normalized spacial score (nSPS) is 17.3. The van der Waals surface area contributed by atoms with Crippen molar-refractivity contribution in [1.29, 1.82) is 5.26 Å². The van der Waals surface area contributed by atoms with E-state index < -0.39 is 21.8 Å². The van der Waals surface area contributed by atoms with Crippen molar-refractivity contribution in [2.24, 2.45) is 5.92 Å². The fourth-order valence-electron chi connectivity index (χ4n) is 3.48. The van der Waals surface area contributed by atoms with Gasteiger partial charge in [0.05, 0.1) is 24.2 Å². The van der Waals surface area contributed by atoms with E-state index in [9.17, 15) is 23.3 Å². The molecule has 0 radical (unpaired) electrons. The minimum Gasteiger partial charge on any atom is -0.477 e. The predicted octanol–water partition coefficient (Wildman–Crippen LogP) is 2.00. The maximum Gasteiger partial charge on any atom is 0.324 e. The van der Waals surface area contributed by atoms with Crippen LogP contribution in [0.1, 0.15) is 50.0 Å². The molecule has 1 atom stereocenters. The van der Waals surface area contributed by atoms with Crippen LogP contribution >= 0.6 is 0 Å². The average Bonchev–Trinajstić information content (AvgIpc) is 3.50. The number of hydrogen-bond acceptors (Lipinski definition) is 7. The molecule has 0 unspecified atom stereocenters. The Bertz CT molecular complexity index is 939. The number of nitriles is 1. The highest BCUT2D eigenvalue weighted by Gasteiger charge is 2.26. The first kappa shape index (κ1) is 23.0. The monoisotopic (exact) mass is 448 g/mol. The summed E-state index contributed by atoms with van der Waals surface area (Å²) in [6, 6.07) is 5.17. The summed E-state index contributed by atoms with van der Waals surface area (Å²) in [5.74, 6) is 0.232. The number of nitrogens with one attached hydrogen (secondary N) is 1. The van der Waals surface area contributed by atoms with Gasteiger partial charge in [-0.3, -0.25) is 10.1 Å². The summed E-state index contributed by atoms with van der Waals surface area (Å²) < 4.78 is 31.0. The van der Waals surface area contributed by atoms with Gasteiger partial charge < -0.3 is 9.64 Å². The molecule has 0 aromatic carbocycles. The molecular formula is C21H28N4O5S. The molecule has 1 aromatic rings. The fourth-order valence-corrected chi connectivity index (χ4v) is 5.22. The van der Waals surface area contributed by atoms with Crippen molar-refractivity contribution in [3.63, 3.8) is 0 Å². The summed E-state index contributed by atoms with van der Waals surface area (Å²) in [6.07, 6.45) is 5.75. The summed E-state index contributed by atoms with van der Waals surface area (Å²) in [5.41, 5.74) is 0.746. The Balaban J connectivity index is 1.46.